The van der Waals surface area contributed by atoms with E-state index in [1.165, 1.54) is 26.1 Å². The third-order valence-electron chi connectivity index (χ3n) is 2.70. The highest BCUT2D eigenvalue weighted by molar-refractivity contribution is 7.80. The van der Waals surface area contributed by atoms with Crippen molar-refractivity contribution in [2.45, 2.75) is 20.3 Å². The molecule has 0 amide bonds. The lowest BCUT2D eigenvalue weighted by atomic mass is 10.0. The molecule has 0 aromatic heterocycles. The van der Waals surface area contributed by atoms with Gasteiger partial charge >= 0.3 is 0 Å². The van der Waals surface area contributed by atoms with E-state index in [1.54, 1.807) is 0 Å². The van der Waals surface area contributed by atoms with Crippen molar-refractivity contribution in [1.29, 1.82) is 0 Å². The van der Waals surface area contributed by atoms with Crippen LogP contribution in [0.4, 0.5) is 0 Å². The molecule has 0 N–H and O–H groups in total. The molecule has 0 saturated carbocycles. The minimum atomic E-state index is 0.898. The lowest BCUT2D eigenvalue weighted by Crippen LogP contribution is -2.22. The Balaban J connectivity index is 2.18. The fraction of sp³-hybridized carbons (Fsp3) is 1.00. The number of rotatable bonds is 3. The van der Waals surface area contributed by atoms with Crippen LogP contribution in [0.15, 0.2) is 0 Å². The zero-order chi connectivity index (χ0) is 8.27. The predicted octanol–water partition coefficient (Wildman–Crippen LogP) is 1.89. The van der Waals surface area contributed by atoms with E-state index < -0.39 is 0 Å². The third-order valence-corrected chi connectivity index (χ3v) is 3.01. The van der Waals surface area contributed by atoms with Crippen molar-refractivity contribution in [1.82, 2.24) is 4.90 Å². The first kappa shape index (κ1) is 9.40. The minimum Gasteiger partial charge on any atom is -0.303 e. The van der Waals surface area contributed by atoms with Crippen LogP contribution in [0.25, 0.3) is 0 Å². The van der Waals surface area contributed by atoms with Gasteiger partial charge in [-0.25, -0.2) is 0 Å². The van der Waals surface area contributed by atoms with Gasteiger partial charge in [-0.3, -0.25) is 0 Å². The van der Waals surface area contributed by atoms with E-state index in [0.29, 0.717) is 0 Å². The molecule has 0 radical (unpaired) electrons. The molecule has 0 aliphatic carbocycles. The highest BCUT2D eigenvalue weighted by Gasteiger charge is 2.24. The van der Waals surface area contributed by atoms with E-state index in [-0.39, 0.29) is 0 Å². The Bertz CT molecular complexity index is 106. The van der Waals surface area contributed by atoms with Crippen LogP contribution in [-0.2, 0) is 0 Å². The van der Waals surface area contributed by atoms with Crippen LogP contribution in [0, 0.1) is 11.8 Å². The van der Waals surface area contributed by atoms with Gasteiger partial charge in [-0.15, -0.1) is 0 Å². The molecule has 66 valence electrons. The zero-order valence-corrected chi connectivity index (χ0v) is 8.48. The molecule has 1 aliphatic heterocycles. The second-order valence-electron chi connectivity index (χ2n) is 3.79. The highest BCUT2D eigenvalue weighted by Crippen LogP contribution is 2.21. The quantitative estimate of drug-likeness (QED) is 0.638. The standard InChI is InChI=1S/C9H19NS/c1-8-6-10(4-3-5-11)7-9(8)2/h8-9,11H,3-7H2,1-2H3. The maximum atomic E-state index is 4.21. The first-order valence-corrected chi connectivity index (χ1v) is 5.20. The number of nitrogens with zero attached hydrogens (tertiary/aromatic N) is 1. The molecular weight excluding hydrogens is 154 g/mol. The molecule has 0 bridgehead atoms. The molecule has 11 heavy (non-hydrogen) atoms. The van der Waals surface area contributed by atoms with Crippen molar-refractivity contribution in [3.8, 4) is 0 Å². The molecular formula is C9H19NS. The van der Waals surface area contributed by atoms with Gasteiger partial charge in [0.15, 0.2) is 0 Å². The summed E-state index contributed by atoms with van der Waals surface area (Å²) in [6.07, 6.45) is 1.24. The summed E-state index contributed by atoms with van der Waals surface area (Å²) in [6, 6.07) is 0. The first-order valence-electron chi connectivity index (χ1n) is 4.57. The van der Waals surface area contributed by atoms with Crippen LogP contribution in [-0.4, -0.2) is 30.3 Å². The second kappa shape index (κ2) is 4.36. The van der Waals surface area contributed by atoms with Gasteiger partial charge in [-0.05, 0) is 30.6 Å². The fourth-order valence-electron chi connectivity index (χ4n) is 1.73. The van der Waals surface area contributed by atoms with Gasteiger partial charge in [0.05, 0.1) is 0 Å². The Morgan fingerprint density at radius 1 is 1.27 bits per heavy atom. The van der Waals surface area contributed by atoms with E-state index in [1.807, 2.05) is 0 Å². The Kier molecular flexibility index (Phi) is 3.73. The molecule has 1 saturated heterocycles. The van der Waals surface area contributed by atoms with Crippen molar-refractivity contribution < 1.29 is 0 Å². The van der Waals surface area contributed by atoms with Crippen LogP contribution in [0.5, 0.6) is 0 Å². The summed E-state index contributed by atoms with van der Waals surface area (Å²) in [7, 11) is 0. The summed E-state index contributed by atoms with van der Waals surface area (Å²) >= 11 is 4.21. The van der Waals surface area contributed by atoms with Crippen LogP contribution >= 0.6 is 12.6 Å². The summed E-state index contributed by atoms with van der Waals surface area (Å²) in [5.74, 6) is 2.82. The second-order valence-corrected chi connectivity index (χ2v) is 4.24. The molecule has 2 unspecified atom stereocenters. The Morgan fingerprint density at radius 3 is 2.27 bits per heavy atom. The summed E-state index contributed by atoms with van der Waals surface area (Å²) in [4.78, 5) is 2.56. The van der Waals surface area contributed by atoms with Crippen molar-refractivity contribution in [3.63, 3.8) is 0 Å². The summed E-state index contributed by atoms with van der Waals surface area (Å²) in [5, 5.41) is 0. The normalized spacial score (nSPS) is 33.0. The van der Waals surface area contributed by atoms with Gasteiger partial charge in [-0.1, -0.05) is 13.8 Å². The van der Waals surface area contributed by atoms with E-state index in [4.69, 9.17) is 0 Å². The first-order chi connectivity index (χ1) is 5.24. The lowest BCUT2D eigenvalue weighted by molar-refractivity contribution is 0.326. The number of thiol groups is 1. The van der Waals surface area contributed by atoms with Gasteiger partial charge in [0.2, 0.25) is 0 Å². The van der Waals surface area contributed by atoms with Gasteiger partial charge in [0.25, 0.3) is 0 Å². The molecule has 1 heterocycles. The topological polar surface area (TPSA) is 3.24 Å². The van der Waals surface area contributed by atoms with Crippen LogP contribution < -0.4 is 0 Å². The summed E-state index contributed by atoms with van der Waals surface area (Å²) < 4.78 is 0. The van der Waals surface area contributed by atoms with Crippen LogP contribution in [0.1, 0.15) is 20.3 Å². The van der Waals surface area contributed by atoms with Gasteiger partial charge in [-0.2, -0.15) is 12.6 Å². The largest absolute Gasteiger partial charge is 0.303 e. The summed E-state index contributed by atoms with van der Waals surface area (Å²) in [5.41, 5.74) is 0. The smallest absolute Gasteiger partial charge is 0.00102 e. The minimum absolute atomic E-state index is 0.898. The molecule has 0 aromatic rings. The van der Waals surface area contributed by atoms with Crippen LogP contribution in [0.2, 0.25) is 0 Å². The molecule has 0 spiro atoms. The van der Waals surface area contributed by atoms with E-state index >= 15 is 0 Å². The number of likely N-dealkylation sites (tertiary alicyclic amines) is 1. The van der Waals surface area contributed by atoms with E-state index in [2.05, 4.69) is 31.4 Å². The Hall–Kier alpha value is 0.310. The number of hydrogen-bond acceptors (Lipinski definition) is 2. The Morgan fingerprint density at radius 2 is 1.82 bits per heavy atom. The SMILES string of the molecule is CC1CN(CCCS)CC1C. The number of hydrogen-bond donors (Lipinski definition) is 1. The van der Waals surface area contributed by atoms with Crippen molar-refractivity contribution >= 4 is 12.6 Å². The lowest BCUT2D eigenvalue weighted by Gasteiger charge is -2.13. The molecule has 0 aromatic carbocycles. The average Bonchev–Trinajstić information content (AvgIpc) is 2.28. The van der Waals surface area contributed by atoms with E-state index in [9.17, 15) is 0 Å². The third kappa shape index (κ3) is 2.68. The van der Waals surface area contributed by atoms with Crippen molar-refractivity contribution in [3.05, 3.63) is 0 Å². The van der Waals surface area contributed by atoms with Gasteiger partial charge in [0, 0.05) is 13.1 Å². The monoisotopic (exact) mass is 173 g/mol. The molecule has 2 heteroatoms. The van der Waals surface area contributed by atoms with Crippen molar-refractivity contribution in [2.75, 3.05) is 25.4 Å². The van der Waals surface area contributed by atoms with Crippen molar-refractivity contribution in [2.24, 2.45) is 11.8 Å². The zero-order valence-electron chi connectivity index (χ0n) is 7.58. The highest BCUT2D eigenvalue weighted by atomic mass is 32.1. The van der Waals surface area contributed by atoms with Crippen LogP contribution in [0.3, 0.4) is 0 Å². The fourth-order valence-corrected chi connectivity index (χ4v) is 1.87. The maximum absolute atomic E-state index is 4.21. The molecule has 1 aliphatic rings. The van der Waals surface area contributed by atoms with Gasteiger partial charge < -0.3 is 4.90 Å². The Labute approximate surface area is 75.6 Å². The van der Waals surface area contributed by atoms with E-state index in [0.717, 1.165) is 17.6 Å². The molecule has 1 rings (SSSR count). The van der Waals surface area contributed by atoms with Gasteiger partial charge in [0.1, 0.15) is 0 Å². The maximum Gasteiger partial charge on any atom is 0.00102 e. The predicted molar refractivity (Wildman–Crippen MR) is 53.2 cm³/mol. The molecule has 1 nitrogen and oxygen atoms in total. The summed E-state index contributed by atoms with van der Waals surface area (Å²) in [6.45, 7) is 8.55. The average molecular weight is 173 g/mol. The molecule has 2 atom stereocenters. The molecule has 1 fully saturated rings.